The number of carbonyl (C=O) groups is 5. The van der Waals surface area contributed by atoms with Gasteiger partial charge in [-0.05, 0) is 109 Å². The van der Waals surface area contributed by atoms with E-state index in [1.807, 2.05) is 26.2 Å². The Morgan fingerprint density at radius 1 is 0.406 bits per heavy atom. The van der Waals surface area contributed by atoms with Gasteiger partial charge in [-0.1, -0.05) is 31.8 Å². The molecule has 0 aromatic heterocycles. The highest BCUT2D eigenvalue weighted by Crippen LogP contribution is 2.39. The van der Waals surface area contributed by atoms with E-state index in [0.29, 0.717) is 88.4 Å². The summed E-state index contributed by atoms with van der Waals surface area (Å²) in [6, 6.07) is 2.68. The van der Waals surface area contributed by atoms with Crippen molar-refractivity contribution in [1.29, 1.82) is 0 Å². The Labute approximate surface area is 394 Å². The van der Waals surface area contributed by atoms with Gasteiger partial charge in [0, 0.05) is 32.1 Å². The first-order valence-corrected chi connectivity index (χ1v) is 40.9. The van der Waals surface area contributed by atoms with Crippen molar-refractivity contribution in [3.05, 3.63) is 12.7 Å². The van der Waals surface area contributed by atoms with Crippen LogP contribution in [0.5, 0.6) is 0 Å². The minimum absolute atomic E-state index is 0.176. The maximum Gasteiger partial charge on any atom is 0.317 e. The predicted octanol–water partition coefficient (Wildman–Crippen LogP) is 6.32. The van der Waals surface area contributed by atoms with E-state index in [9.17, 15) is 24.0 Å². The first kappa shape index (κ1) is 62.5. The molecule has 0 saturated carbocycles. The fourth-order valence-electron chi connectivity index (χ4n) is 7.12. The van der Waals surface area contributed by atoms with Crippen molar-refractivity contribution in [2.45, 2.75) is 166 Å². The molecule has 0 N–H and O–H groups in total. The van der Waals surface area contributed by atoms with Gasteiger partial charge in [0.15, 0.2) is 0 Å². The van der Waals surface area contributed by atoms with E-state index in [0.717, 1.165) is 25.7 Å². The Balaban J connectivity index is 0.00000161. The second-order valence-corrected chi connectivity index (χ2v) is 39.5. The highest BCUT2D eigenvalue weighted by Gasteiger charge is 2.56. The number of ether oxygens (including phenoxy) is 5. The van der Waals surface area contributed by atoms with E-state index in [2.05, 4.69) is 37.5 Å². The first-order chi connectivity index (χ1) is 30.0. The molecule has 0 aromatic carbocycles. The Morgan fingerprint density at radius 3 is 0.797 bits per heavy atom. The van der Waals surface area contributed by atoms with Gasteiger partial charge in [-0.25, -0.2) is 0 Å². The summed E-state index contributed by atoms with van der Waals surface area (Å²) in [5.41, 5.74) is 0. The first-order valence-electron chi connectivity index (χ1n) is 22.4. The topological polar surface area (TPSA) is 205 Å². The van der Waals surface area contributed by atoms with Crippen LogP contribution in [0.2, 0.25) is 76.6 Å². The van der Waals surface area contributed by atoms with E-state index < -0.39 is 71.4 Å². The van der Waals surface area contributed by atoms with Gasteiger partial charge in [0.05, 0.1) is 35.5 Å². The largest absolute Gasteiger partial charge is 0.469 e. The molecule has 2 saturated heterocycles. The van der Waals surface area contributed by atoms with Crippen LogP contribution in [0.1, 0.15) is 89.9 Å². The molecule has 2 aliphatic heterocycles. The molecule has 0 unspecified atom stereocenters. The van der Waals surface area contributed by atoms with Crippen molar-refractivity contribution in [1.82, 2.24) is 0 Å². The van der Waals surface area contributed by atoms with Crippen LogP contribution in [0.3, 0.4) is 0 Å². The fourth-order valence-corrected chi connectivity index (χ4v) is 42.7. The van der Waals surface area contributed by atoms with Gasteiger partial charge >= 0.3 is 64.1 Å². The highest BCUT2D eigenvalue weighted by atomic mass is 28.5. The van der Waals surface area contributed by atoms with E-state index in [-0.39, 0.29) is 29.8 Å². The van der Waals surface area contributed by atoms with Gasteiger partial charge in [-0.2, -0.15) is 0 Å². The zero-order chi connectivity index (χ0) is 48.8. The molecule has 18 nitrogen and oxygen atoms in total. The van der Waals surface area contributed by atoms with Gasteiger partial charge in [0.2, 0.25) is 0 Å². The lowest BCUT2D eigenvalue weighted by atomic mass is 10.2. The molecule has 64 heavy (non-hydrogen) atoms. The molecule has 26 heteroatoms. The van der Waals surface area contributed by atoms with Crippen molar-refractivity contribution >= 4 is 101 Å². The Kier molecular flexibility index (Phi) is 33.1. The van der Waals surface area contributed by atoms with Crippen LogP contribution >= 0.6 is 0 Å². The molecule has 0 radical (unpaired) electrons. The minimum atomic E-state index is -2.87. The van der Waals surface area contributed by atoms with Crippen molar-refractivity contribution in [3.63, 3.8) is 0 Å². The summed E-state index contributed by atoms with van der Waals surface area (Å²) in [6.07, 6.45) is 9.73. The number of esters is 5. The number of unbranched alkanes of at least 4 members (excludes halogenated alkanes) is 4. The maximum absolute atomic E-state index is 11.7. The highest BCUT2D eigenvalue weighted by molar-refractivity contribution is 6.94. The Bertz CT molecular complexity index is 1190. The third-order valence-electron chi connectivity index (χ3n) is 10.00. The Morgan fingerprint density at radius 2 is 0.609 bits per heavy atom. The molecular formula is C38H82O18Si8. The van der Waals surface area contributed by atoms with Crippen LogP contribution < -0.4 is 0 Å². The molecule has 2 aliphatic rings. The average molecular weight is 1050 g/mol. The molecular weight excluding hydrogens is 969 g/mol. The third-order valence-corrected chi connectivity index (χ3v) is 41.1. The van der Waals surface area contributed by atoms with Crippen molar-refractivity contribution in [2.75, 3.05) is 35.5 Å². The van der Waals surface area contributed by atoms with Gasteiger partial charge in [0.25, 0.3) is 37.1 Å². The molecule has 0 aromatic rings. The van der Waals surface area contributed by atoms with Crippen LogP contribution in [0.25, 0.3) is 0 Å². The molecule has 0 aliphatic carbocycles. The van der Waals surface area contributed by atoms with E-state index in [1.165, 1.54) is 35.5 Å². The zero-order valence-electron chi connectivity index (χ0n) is 41.2. The number of rotatable bonds is 23. The minimum Gasteiger partial charge on any atom is -0.469 e. The molecule has 2 heterocycles. The monoisotopic (exact) mass is 1050 g/mol. The lowest BCUT2D eigenvalue weighted by molar-refractivity contribution is -0.141. The number of hydrogen-bond donors (Lipinski definition) is 0. The third kappa shape index (κ3) is 30.0. The zero-order valence-corrected chi connectivity index (χ0v) is 49.8. The molecule has 2 fully saturated rings. The lowest BCUT2D eigenvalue weighted by Gasteiger charge is -2.50. The molecule has 0 spiro atoms. The number of carbonyl (C=O) groups excluding carboxylic acids is 5. The molecule has 0 bridgehead atoms. The number of allylic oxidation sites excluding steroid dienone is 1. The van der Waals surface area contributed by atoms with Crippen molar-refractivity contribution in [2.24, 2.45) is 0 Å². The number of methoxy groups -OCH3 is 5. The average Bonchev–Trinajstić information content (AvgIpc) is 3.21. The summed E-state index contributed by atoms with van der Waals surface area (Å²) < 4.78 is 74.6. The standard InChI is InChI=1S/C28H56O12Si4.C6H10O2.C4H16O4Si4/c1-33-25(29)17-9-13-21-41(5)37-42(6,22-14-10-18-26(30)34-2)39-44(8,24-16-12-20-28(32)36-4)40-43(7,38-41)23-15-11-19-27(31)35-3;1-3-4-5-6(7)8-2;1-9-5-10(2)7-12(4)8-11(3)6-9/h9-24H2,1-8H3;3H,1,4-5H2,2H3;9-12H,1-4H3. The molecule has 0 amide bonds. The predicted molar refractivity (Wildman–Crippen MR) is 261 cm³/mol. The fraction of sp³-hybridized carbons (Fsp3) is 0.816. The molecule has 0 atom stereocenters. The lowest BCUT2D eigenvalue weighted by Crippen LogP contribution is -2.67. The summed E-state index contributed by atoms with van der Waals surface area (Å²) in [5.74, 6) is -1.15. The van der Waals surface area contributed by atoms with Crippen LogP contribution in [0, 0.1) is 0 Å². The van der Waals surface area contributed by atoms with Crippen LogP contribution in [0.15, 0.2) is 12.7 Å². The van der Waals surface area contributed by atoms with Gasteiger partial charge in [-0.3, -0.25) is 24.0 Å². The smallest absolute Gasteiger partial charge is 0.317 e. The summed E-state index contributed by atoms with van der Waals surface area (Å²) in [4.78, 5) is 57.2. The number of hydrogen-bond acceptors (Lipinski definition) is 18. The van der Waals surface area contributed by atoms with Gasteiger partial charge < -0.3 is 56.6 Å². The summed E-state index contributed by atoms with van der Waals surface area (Å²) in [5, 5.41) is 0. The SMILES string of the molecule is C=CCCC(=O)OC.COC(=O)CCCC[Si]1(C)O[Si](C)(CCCCC(=O)OC)O[Si](C)(CCCCC(=O)OC)O[Si](C)(CCCCC(=O)OC)O1.C[SiH]1O[SiH](C)O[SiH](C)O[SiH](C)O1. The summed E-state index contributed by atoms with van der Waals surface area (Å²) in [6.45, 7) is 19.9. The summed E-state index contributed by atoms with van der Waals surface area (Å²) in [7, 11) is -10.2. The molecule has 374 valence electrons. The van der Waals surface area contributed by atoms with Crippen LogP contribution in [-0.2, 0) is 80.6 Å². The van der Waals surface area contributed by atoms with Crippen molar-refractivity contribution in [3.8, 4) is 0 Å². The van der Waals surface area contributed by atoms with E-state index >= 15 is 0 Å². The Hall–Kier alpha value is -1.49. The van der Waals surface area contributed by atoms with Crippen LogP contribution in [-0.4, -0.2) is 137 Å². The normalized spacial score (nSPS) is 28.1. The van der Waals surface area contributed by atoms with E-state index in [4.69, 9.17) is 51.9 Å². The van der Waals surface area contributed by atoms with Crippen molar-refractivity contribution < 1.29 is 80.6 Å². The second-order valence-electron chi connectivity index (χ2n) is 16.3. The quantitative estimate of drug-likeness (QED) is 0.0361. The van der Waals surface area contributed by atoms with E-state index in [1.54, 1.807) is 6.08 Å². The maximum atomic E-state index is 11.7. The summed E-state index contributed by atoms with van der Waals surface area (Å²) >= 11 is 0. The van der Waals surface area contributed by atoms with Crippen LogP contribution in [0.4, 0.5) is 0 Å². The molecule has 2 rings (SSSR count). The second kappa shape index (κ2) is 33.9. The van der Waals surface area contributed by atoms with Gasteiger partial charge in [-0.15, -0.1) is 6.58 Å². The van der Waals surface area contributed by atoms with Gasteiger partial charge in [0.1, 0.15) is 0 Å².